The van der Waals surface area contributed by atoms with Gasteiger partial charge in [0.2, 0.25) is 0 Å². The molecule has 0 atom stereocenters. The molecule has 2 aromatic rings. The van der Waals surface area contributed by atoms with E-state index in [1.54, 1.807) is 0 Å². The number of hydrogen-bond acceptors (Lipinski definition) is 5. The summed E-state index contributed by atoms with van der Waals surface area (Å²) < 4.78 is 11.4. The van der Waals surface area contributed by atoms with Crippen LogP contribution >= 0.6 is 0 Å². The van der Waals surface area contributed by atoms with Gasteiger partial charge in [0, 0.05) is 31.6 Å². The molecule has 6 nitrogen and oxygen atoms in total. The molecule has 6 heteroatoms. The van der Waals surface area contributed by atoms with Crippen molar-refractivity contribution in [2.45, 2.75) is 40.3 Å². The highest BCUT2D eigenvalue weighted by molar-refractivity contribution is 5.40. The molecule has 0 bridgehead atoms. The first-order chi connectivity index (χ1) is 12.1. The third kappa shape index (κ3) is 4.02. The summed E-state index contributed by atoms with van der Waals surface area (Å²) in [6.07, 6.45) is 0.787. The average molecular weight is 343 g/mol. The van der Waals surface area contributed by atoms with Gasteiger partial charge in [-0.3, -0.25) is 9.69 Å². The quantitative estimate of drug-likeness (QED) is 0.872. The molecule has 1 aromatic carbocycles. The Hall–Kier alpha value is -2.34. The second-order valence-electron chi connectivity index (χ2n) is 6.17. The Kier molecular flexibility index (Phi) is 5.38. The zero-order valence-corrected chi connectivity index (χ0v) is 15.1. The van der Waals surface area contributed by atoms with Crippen molar-refractivity contribution < 1.29 is 9.47 Å². The summed E-state index contributed by atoms with van der Waals surface area (Å²) in [5, 5.41) is 0. The van der Waals surface area contributed by atoms with Crippen LogP contribution in [0, 0.1) is 6.92 Å². The smallest absolute Gasteiger partial charge is 0.255 e. The van der Waals surface area contributed by atoms with E-state index >= 15 is 0 Å². The van der Waals surface area contributed by atoms with Crippen LogP contribution in [0.15, 0.2) is 23.0 Å². The fraction of sp³-hybridized carbons (Fsp3) is 0.474. The lowest BCUT2D eigenvalue weighted by molar-refractivity contribution is 0.234. The summed E-state index contributed by atoms with van der Waals surface area (Å²) in [4.78, 5) is 21.8. The molecule has 0 amide bonds. The number of H-pyrrole nitrogens is 1. The maximum absolute atomic E-state index is 12.2. The number of nitrogens with one attached hydrogen (secondary N) is 1. The molecule has 0 unspecified atom stereocenters. The molecule has 0 fully saturated rings. The molecule has 2 heterocycles. The molecular formula is C19H25N3O3. The fourth-order valence-electron chi connectivity index (χ4n) is 3.21. The second kappa shape index (κ2) is 7.70. The van der Waals surface area contributed by atoms with Crippen LogP contribution in [0.5, 0.6) is 11.5 Å². The number of fused-ring (bicyclic) bond motifs is 1. The minimum Gasteiger partial charge on any atom is -0.494 e. The summed E-state index contributed by atoms with van der Waals surface area (Å²) in [5.41, 5.74) is 2.74. The SMILES string of the molecule is CCOc1ccc(OCC)c(CN2CCc3nc(C)[nH]c(=O)c3C2)c1. The molecule has 0 aliphatic carbocycles. The number of aromatic amines is 1. The van der Waals surface area contributed by atoms with E-state index < -0.39 is 0 Å². The predicted octanol–water partition coefficient (Wildman–Crippen LogP) is 2.43. The summed E-state index contributed by atoms with van der Waals surface area (Å²) in [6, 6.07) is 5.92. The van der Waals surface area contributed by atoms with E-state index in [1.807, 2.05) is 39.0 Å². The Labute approximate surface area is 147 Å². The van der Waals surface area contributed by atoms with Crippen molar-refractivity contribution in [3.63, 3.8) is 0 Å². The van der Waals surface area contributed by atoms with Gasteiger partial charge in [0.25, 0.3) is 5.56 Å². The second-order valence-corrected chi connectivity index (χ2v) is 6.17. The Bertz CT molecular complexity index is 801. The molecule has 0 saturated heterocycles. The van der Waals surface area contributed by atoms with Crippen molar-refractivity contribution in [2.75, 3.05) is 19.8 Å². The molecule has 0 spiro atoms. The number of hydrogen-bond donors (Lipinski definition) is 1. The topological polar surface area (TPSA) is 67.5 Å². The van der Waals surface area contributed by atoms with Crippen molar-refractivity contribution >= 4 is 0 Å². The molecule has 134 valence electrons. The van der Waals surface area contributed by atoms with Crippen molar-refractivity contribution in [2.24, 2.45) is 0 Å². The Morgan fingerprint density at radius 3 is 2.80 bits per heavy atom. The number of rotatable bonds is 6. The summed E-state index contributed by atoms with van der Waals surface area (Å²) in [7, 11) is 0. The molecule has 1 aliphatic rings. The largest absolute Gasteiger partial charge is 0.494 e. The summed E-state index contributed by atoms with van der Waals surface area (Å²) >= 11 is 0. The highest BCUT2D eigenvalue weighted by Crippen LogP contribution is 2.27. The standard InChI is InChI=1S/C19H25N3O3/c1-4-24-15-6-7-18(25-5-2)14(10-15)11-22-9-8-17-16(12-22)19(23)21-13(3)20-17/h6-7,10H,4-5,8-9,11-12H2,1-3H3,(H,20,21,23). The first-order valence-electron chi connectivity index (χ1n) is 8.80. The number of aryl methyl sites for hydroxylation is 1. The van der Waals surface area contributed by atoms with E-state index in [0.717, 1.165) is 41.3 Å². The molecule has 1 aromatic heterocycles. The Morgan fingerprint density at radius 1 is 1.24 bits per heavy atom. The van der Waals surface area contributed by atoms with E-state index in [0.29, 0.717) is 32.1 Å². The molecule has 0 saturated carbocycles. The minimum absolute atomic E-state index is 0.0275. The summed E-state index contributed by atoms with van der Waals surface area (Å²) in [6.45, 7) is 9.20. The normalized spacial score (nSPS) is 14.2. The molecule has 25 heavy (non-hydrogen) atoms. The van der Waals surface area contributed by atoms with Gasteiger partial charge in [-0.25, -0.2) is 4.98 Å². The molecule has 1 N–H and O–H groups in total. The van der Waals surface area contributed by atoms with E-state index in [-0.39, 0.29) is 5.56 Å². The van der Waals surface area contributed by atoms with Gasteiger partial charge in [0.15, 0.2) is 0 Å². The lowest BCUT2D eigenvalue weighted by Crippen LogP contribution is -2.35. The van der Waals surface area contributed by atoms with Crippen LogP contribution in [0.3, 0.4) is 0 Å². The van der Waals surface area contributed by atoms with Crippen LogP contribution in [-0.2, 0) is 19.5 Å². The Morgan fingerprint density at radius 2 is 2.04 bits per heavy atom. The van der Waals surface area contributed by atoms with Crippen LogP contribution in [0.1, 0.15) is 36.5 Å². The first kappa shape index (κ1) is 17.5. The van der Waals surface area contributed by atoms with Crippen molar-refractivity contribution in [3.8, 4) is 11.5 Å². The maximum atomic E-state index is 12.2. The average Bonchev–Trinajstić information content (AvgIpc) is 2.58. The van der Waals surface area contributed by atoms with Gasteiger partial charge in [0.1, 0.15) is 17.3 Å². The van der Waals surface area contributed by atoms with E-state index in [1.165, 1.54) is 0 Å². The van der Waals surface area contributed by atoms with Crippen molar-refractivity contribution in [3.05, 3.63) is 51.2 Å². The third-order valence-electron chi connectivity index (χ3n) is 4.30. The van der Waals surface area contributed by atoms with E-state index in [9.17, 15) is 4.79 Å². The lowest BCUT2D eigenvalue weighted by atomic mass is 10.1. The van der Waals surface area contributed by atoms with Gasteiger partial charge in [-0.15, -0.1) is 0 Å². The minimum atomic E-state index is -0.0275. The Balaban J connectivity index is 1.82. The number of aromatic nitrogens is 2. The van der Waals surface area contributed by atoms with Gasteiger partial charge in [-0.1, -0.05) is 0 Å². The number of benzene rings is 1. The van der Waals surface area contributed by atoms with Crippen LogP contribution < -0.4 is 15.0 Å². The highest BCUT2D eigenvalue weighted by Gasteiger charge is 2.21. The predicted molar refractivity (Wildman–Crippen MR) is 96.2 cm³/mol. The zero-order valence-electron chi connectivity index (χ0n) is 15.1. The van der Waals surface area contributed by atoms with Crippen molar-refractivity contribution in [1.82, 2.24) is 14.9 Å². The van der Waals surface area contributed by atoms with E-state index in [2.05, 4.69) is 14.9 Å². The highest BCUT2D eigenvalue weighted by atomic mass is 16.5. The summed E-state index contributed by atoms with van der Waals surface area (Å²) in [5.74, 6) is 2.39. The number of ether oxygens (including phenoxy) is 2. The molecular weight excluding hydrogens is 318 g/mol. The van der Waals surface area contributed by atoms with Crippen LogP contribution in [0.2, 0.25) is 0 Å². The van der Waals surface area contributed by atoms with Gasteiger partial charge >= 0.3 is 0 Å². The number of nitrogens with zero attached hydrogens (tertiary/aromatic N) is 2. The fourth-order valence-corrected chi connectivity index (χ4v) is 3.21. The van der Waals surface area contributed by atoms with Crippen LogP contribution in [0.25, 0.3) is 0 Å². The van der Waals surface area contributed by atoms with Gasteiger partial charge in [-0.05, 0) is 39.0 Å². The molecule has 3 rings (SSSR count). The zero-order chi connectivity index (χ0) is 17.8. The van der Waals surface area contributed by atoms with E-state index in [4.69, 9.17) is 9.47 Å². The molecule has 0 radical (unpaired) electrons. The van der Waals surface area contributed by atoms with Gasteiger partial charge in [-0.2, -0.15) is 0 Å². The van der Waals surface area contributed by atoms with Crippen LogP contribution in [0.4, 0.5) is 0 Å². The third-order valence-corrected chi connectivity index (χ3v) is 4.30. The first-order valence-corrected chi connectivity index (χ1v) is 8.80. The monoisotopic (exact) mass is 343 g/mol. The lowest BCUT2D eigenvalue weighted by Gasteiger charge is -2.28. The van der Waals surface area contributed by atoms with Gasteiger partial charge in [0.05, 0.1) is 24.5 Å². The van der Waals surface area contributed by atoms with Crippen molar-refractivity contribution in [1.29, 1.82) is 0 Å². The van der Waals surface area contributed by atoms with Crippen LogP contribution in [-0.4, -0.2) is 34.6 Å². The maximum Gasteiger partial charge on any atom is 0.255 e. The van der Waals surface area contributed by atoms with Gasteiger partial charge < -0.3 is 14.5 Å². The molecule has 1 aliphatic heterocycles.